The molecule has 7 aromatic rings. The minimum Gasteiger partial charge on any atom is -0.388 e. The van der Waals surface area contributed by atoms with Gasteiger partial charge < -0.3 is 24.4 Å². The summed E-state index contributed by atoms with van der Waals surface area (Å²) in [5.41, 5.74) is 4.46. The zero-order chi connectivity index (χ0) is 37.7. The van der Waals surface area contributed by atoms with Crippen LogP contribution in [0.15, 0.2) is 188 Å². The fourth-order valence-corrected chi connectivity index (χ4v) is 7.05. The van der Waals surface area contributed by atoms with Crippen LogP contribution in [0.2, 0.25) is 0 Å². The highest BCUT2D eigenvalue weighted by atomic mass is 16.6. The van der Waals surface area contributed by atoms with Gasteiger partial charge in [0.2, 0.25) is 0 Å². The average molecular weight is 732 g/mol. The standard InChI is InChI=1S/C47H45N3O5/c51-42(34-53-31-36-19-7-1-8-20-36)44(54-32-37-21-9-2-10-22-37)45(55-33-38-23-11-3-12-24-38)43(52)46-48-35-49-50(46)47(39-25-13-4-14-26-39,40-27-15-5-16-28-40)41-29-17-6-18-30-41/h1-30,35,42-45,51-52H,31-34H2/t42-,43+,44-,45+/m0/s1. The van der Waals surface area contributed by atoms with E-state index in [0.29, 0.717) is 6.61 Å². The summed E-state index contributed by atoms with van der Waals surface area (Å²) in [4.78, 5) is 4.75. The molecule has 0 aliphatic rings. The third-order valence-electron chi connectivity index (χ3n) is 9.72. The number of benzene rings is 6. The Morgan fingerprint density at radius 1 is 0.491 bits per heavy atom. The Bertz CT molecular complexity index is 2040. The van der Waals surface area contributed by atoms with Crippen molar-refractivity contribution in [3.8, 4) is 0 Å². The van der Waals surface area contributed by atoms with Crippen LogP contribution < -0.4 is 0 Å². The summed E-state index contributed by atoms with van der Waals surface area (Å²) in [5.74, 6) is 0.236. The quantitative estimate of drug-likeness (QED) is 0.0867. The highest BCUT2D eigenvalue weighted by molar-refractivity contribution is 5.50. The van der Waals surface area contributed by atoms with E-state index in [-0.39, 0.29) is 25.6 Å². The van der Waals surface area contributed by atoms with Crippen molar-refractivity contribution >= 4 is 0 Å². The highest BCUT2D eigenvalue weighted by Gasteiger charge is 2.45. The van der Waals surface area contributed by atoms with Gasteiger partial charge in [-0.05, 0) is 33.4 Å². The molecule has 1 aromatic heterocycles. The Morgan fingerprint density at radius 2 is 0.873 bits per heavy atom. The van der Waals surface area contributed by atoms with E-state index >= 15 is 0 Å². The van der Waals surface area contributed by atoms with Crippen molar-refractivity contribution in [3.63, 3.8) is 0 Å². The van der Waals surface area contributed by atoms with E-state index in [1.54, 1.807) is 4.68 Å². The van der Waals surface area contributed by atoms with E-state index in [0.717, 1.165) is 33.4 Å². The average Bonchev–Trinajstić information content (AvgIpc) is 3.75. The molecule has 0 amide bonds. The van der Waals surface area contributed by atoms with E-state index in [1.165, 1.54) is 6.33 Å². The van der Waals surface area contributed by atoms with Crippen LogP contribution in [0.4, 0.5) is 0 Å². The molecule has 0 spiro atoms. The molecule has 0 aliphatic carbocycles. The predicted molar refractivity (Wildman–Crippen MR) is 212 cm³/mol. The maximum atomic E-state index is 12.8. The maximum absolute atomic E-state index is 12.8. The molecule has 2 N–H and O–H groups in total. The number of aromatic nitrogens is 3. The summed E-state index contributed by atoms with van der Waals surface area (Å²) < 4.78 is 21.1. The zero-order valence-electron chi connectivity index (χ0n) is 30.5. The van der Waals surface area contributed by atoms with Gasteiger partial charge in [-0.15, -0.1) is 0 Å². The summed E-state index contributed by atoms with van der Waals surface area (Å²) in [6.07, 6.45) is -3.34. The Kier molecular flexibility index (Phi) is 12.7. The van der Waals surface area contributed by atoms with Crippen molar-refractivity contribution in [2.75, 3.05) is 6.61 Å². The van der Waals surface area contributed by atoms with Gasteiger partial charge in [0, 0.05) is 0 Å². The molecule has 0 fully saturated rings. The Hall–Kier alpha value is -5.74. The molecule has 0 saturated heterocycles. The summed E-state index contributed by atoms with van der Waals surface area (Å²) >= 11 is 0. The van der Waals surface area contributed by atoms with Crippen LogP contribution in [0.25, 0.3) is 0 Å². The summed E-state index contributed by atoms with van der Waals surface area (Å²) in [7, 11) is 0. The van der Waals surface area contributed by atoms with Crippen LogP contribution in [0.5, 0.6) is 0 Å². The third kappa shape index (κ3) is 8.81. The number of nitrogens with zero attached hydrogens (tertiary/aromatic N) is 3. The van der Waals surface area contributed by atoms with Crippen molar-refractivity contribution < 1.29 is 24.4 Å². The molecule has 1 heterocycles. The van der Waals surface area contributed by atoms with Crippen molar-refractivity contribution in [1.82, 2.24) is 14.8 Å². The van der Waals surface area contributed by atoms with Crippen molar-refractivity contribution in [2.45, 2.75) is 49.8 Å². The highest BCUT2D eigenvalue weighted by Crippen LogP contribution is 2.42. The predicted octanol–water partition coefficient (Wildman–Crippen LogP) is 7.90. The lowest BCUT2D eigenvalue weighted by molar-refractivity contribution is -0.179. The second-order valence-electron chi connectivity index (χ2n) is 13.4. The van der Waals surface area contributed by atoms with Crippen LogP contribution in [0, 0.1) is 0 Å². The molecular formula is C47H45N3O5. The first-order valence-corrected chi connectivity index (χ1v) is 18.5. The molecular weight excluding hydrogens is 687 g/mol. The molecule has 0 unspecified atom stereocenters. The first-order valence-electron chi connectivity index (χ1n) is 18.5. The topological polar surface area (TPSA) is 98.9 Å². The first kappa shape index (κ1) is 37.6. The second-order valence-corrected chi connectivity index (χ2v) is 13.4. The number of rotatable bonds is 18. The molecule has 0 bridgehead atoms. The van der Waals surface area contributed by atoms with Gasteiger partial charge in [0.1, 0.15) is 36.3 Å². The molecule has 0 aliphatic heterocycles. The van der Waals surface area contributed by atoms with Gasteiger partial charge in [0.05, 0.1) is 26.4 Å². The van der Waals surface area contributed by atoms with Crippen molar-refractivity contribution in [1.29, 1.82) is 0 Å². The van der Waals surface area contributed by atoms with Crippen molar-refractivity contribution in [2.24, 2.45) is 0 Å². The number of hydrogen-bond donors (Lipinski definition) is 2. The largest absolute Gasteiger partial charge is 0.388 e. The zero-order valence-corrected chi connectivity index (χ0v) is 30.5. The monoisotopic (exact) mass is 731 g/mol. The lowest BCUT2D eigenvalue weighted by Gasteiger charge is -2.39. The van der Waals surface area contributed by atoms with Gasteiger partial charge in [-0.1, -0.05) is 182 Å². The molecule has 6 aromatic carbocycles. The van der Waals surface area contributed by atoms with Gasteiger partial charge in [-0.25, -0.2) is 9.67 Å². The molecule has 0 radical (unpaired) electrons. The minimum atomic E-state index is -1.42. The van der Waals surface area contributed by atoms with Crippen LogP contribution in [0.1, 0.15) is 45.3 Å². The SMILES string of the molecule is O[C@@H](COCc1ccccc1)[C@H](OCc1ccccc1)[C@H](OCc1ccccc1)[C@@H](O)c1ncnn1C(c1ccccc1)(c1ccccc1)c1ccccc1. The Balaban J connectivity index is 1.32. The number of aliphatic hydroxyl groups is 2. The van der Waals surface area contributed by atoms with E-state index in [9.17, 15) is 10.2 Å². The minimum absolute atomic E-state index is 0.0685. The normalized spacial score (nSPS) is 13.9. The molecule has 8 heteroatoms. The fourth-order valence-electron chi connectivity index (χ4n) is 7.05. The van der Waals surface area contributed by atoms with Crippen LogP contribution in [-0.2, 0) is 39.6 Å². The maximum Gasteiger partial charge on any atom is 0.160 e. The van der Waals surface area contributed by atoms with E-state index in [4.69, 9.17) is 24.3 Å². The fraction of sp³-hybridized carbons (Fsp3) is 0.191. The van der Waals surface area contributed by atoms with Crippen LogP contribution in [0.3, 0.4) is 0 Å². The van der Waals surface area contributed by atoms with Gasteiger partial charge in [0.15, 0.2) is 5.82 Å². The summed E-state index contributed by atoms with van der Waals surface area (Å²) in [5, 5.41) is 29.6. The van der Waals surface area contributed by atoms with Crippen LogP contribution >= 0.6 is 0 Å². The molecule has 0 saturated carbocycles. The lowest BCUT2D eigenvalue weighted by Crippen LogP contribution is -2.48. The number of hydrogen-bond acceptors (Lipinski definition) is 7. The summed E-state index contributed by atoms with van der Waals surface area (Å²) in [6, 6.07) is 59.4. The molecule has 4 atom stereocenters. The smallest absolute Gasteiger partial charge is 0.160 e. The van der Waals surface area contributed by atoms with E-state index in [1.807, 2.05) is 146 Å². The van der Waals surface area contributed by atoms with E-state index in [2.05, 4.69) is 36.4 Å². The third-order valence-corrected chi connectivity index (χ3v) is 9.72. The van der Waals surface area contributed by atoms with Crippen molar-refractivity contribution in [3.05, 3.63) is 228 Å². The molecule has 55 heavy (non-hydrogen) atoms. The second kappa shape index (κ2) is 18.5. The summed E-state index contributed by atoms with van der Waals surface area (Å²) in [6.45, 7) is 0.527. The lowest BCUT2D eigenvalue weighted by atomic mass is 9.77. The molecule has 8 nitrogen and oxygen atoms in total. The number of ether oxygens (including phenoxy) is 3. The van der Waals surface area contributed by atoms with Gasteiger partial charge in [-0.3, -0.25) is 0 Å². The van der Waals surface area contributed by atoms with Gasteiger partial charge >= 0.3 is 0 Å². The Labute approximate surface area is 322 Å². The van der Waals surface area contributed by atoms with Gasteiger partial charge in [-0.2, -0.15) is 5.10 Å². The Morgan fingerprint density at radius 3 is 1.31 bits per heavy atom. The molecule has 278 valence electrons. The molecule has 7 rings (SSSR count). The number of aliphatic hydroxyl groups excluding tert-OH is 2. The first-order chi connectivity index (χ1) is 27.1. The van der Waals surface area contributed by atoms with Crippen LogP contribution in [-0.4, -0.2) is 49.9 Å². The van der Waals surface area contributed by atoms with Gasteiger partial charge in [0.25, 0.3) is 0 Å². The van der Waals surface area contributed by atoms with E-state index < -0.39 is 30.0 Å².